The van der Waals surface area contributed by atoms with Crippen molar-refractivity contribution in [3.8, 4) is 11.1 Å². The van der Waals surface area contributed by atoms with Crippen molar-refractivity contribution in [2.24, 2.45) is 5.92 Å². The topological polar surface area (TPSA) is 0 Å². The van der Waals surface area contributed by atoms with E-state index >= 15 is 0 Å². The number of hydrogen-bond donors (Lipinski definition) is 0. The summed E-state index contributed by atoms with van der Waals surface area (Å²) in [5.41, 5.74) is 4.51. The minimum absolute atomic E-state index is 0. The Labute approximate surface area is 227 Å². The Kier molecular flexibility index (Phi) is 14.0. The van der Waals surface area contributed by atoms with Gasteiger partial charge < -0.3 is 24.8 Å². The first kappa shape index (κ1) is 32.9. The van der Waals surface area contributed by atoms with Crippen molar-refractivity contribution >= 4 is 16.2 Å². The number of fused-ring (bicyclic) bond motifs is 1. The molecule has 0 heterocycles. The number of halogens is 6. The van der Waals surface area contributed by atoms with Gasteiger partial charge in [-0.25, -0.2) is 23.1 Å². The minimum Gasteiger partial charge on any atom is -1.00 e. The van der Waals surface area contributed by atoms with Gasteiger partial charge in [0.15, 0.2) is 23.3 Å². The van der Waals surface area contributed by atoms with Gasteiger partial charge in [-0.2, -0.15) is 11.1 Å². The Morgan fingerprint density at radius 3 is 1.94 bits per heavy atom. The molecule has 3 aromatic carbocycles. The Morgan fingerprint density at radius 1 is 0.912 bits per heavy atom. The summed E-state index contributed by atoms with van der Waals surface area (Å²) in [5.74, 6) is -5.81. The van der Waals surface area contributed by atoms with E-state index in [1.165, 1.54) is 16.7 Å². The second-order valence-corrected chi connectivity index (χ2v) is 17.4. The first-order valence-corrected chi connectivity index (χ1v) is 16.4. The molecule has 182 valence electrons. The predicted octanol–water partition coefficient (Wildman–Crippen LogP) is 2.30. The Morgan fingerprint density at radius 2 is 1.47 bits per heavy atom. The molecule has 0 saturated heterocycles. The zero-order valence-corrected chi connectivity index (χ0v) is 24.9. The van der Waals surface area contributed by atoms with E-state index in [4.69, 9.17) is 0 Å². The average Bonchev–Trinajstić information content (AvgIpc) is 3.26. The molecule has 3 aromatic rings. The maximum Gasteiger partial charge on any atom is 0.197 e. The molecule has 0 spiro atoms. The second-order valence-electron chi connectivity index (χ2n) is 7.98. The summed E-state index contributed by atoms with van der Waals surface area (Å²) < 4.78 is 53.2. The van der Waals surface area contributed by atoms with Crippen LogP contribution in [-0.4, -0.2) is 5.43 Å². The van der Waals surface area contributed by atoms with Gasteiger partial charge in [0.2, 0.25) is 0 Å². The van der Waals surface area contributed by atoms with Gasteiger partial charge >= 0.3 is 41.9 Å². The molecule has 0 aromatic heterocycles. The van der Waals surface area contributed by atoms with Crippen molar-refractivity contribution in [3.05, 3.63) is 88.5 Å². The average molecular weight is 605 g/mol. The van der Waals surface area contributed by atoms with Gasteiger partial charge in [0, 0.05) is 0 Å². The summed E-state index contributed by atoms with van der Waals surface area (Å²) >= 11 is 1.74. The van der Waals surface area contributed by atoms with Crippen molar-refractivity contribution in [3.63, 3.8) is 0 Å². The Bertz CT molecular complexity index is 1210. The molecule has 0 N–H and O–H groups in total. The zero-order valence-electron chi connectivity index (χ0n) is 19.9. The first-order chi connectivity index (χ1) is 15.0. The van der Waals surface area contributed by atoms with E-state index in [2.05, 4.69) is 46.9 Å². The summed E-state index contributed by atoms with van der Waals surface area (Å²) in [6.07, 6.45) is 3.36. The van der Waals surface area contributed by atoms with Gasteiger partial charge in [0.25, 0.3) is 0 Å². The third-order valence-corrected chi connectivity index (χ3v) is 5.31. The van der Waals surface area contributed by atoms with E-state index in [0.717, 1.165) is 5.39 Å². The second kappa shape index (κ2) is 14.5. The van der Waals surface area contributed by atoms with Crippen molar-refractivity contribution in [2.45, 2.75) is 40.8 Å². The van der Waals surface area contributed by atoms with E-state index in [1.807, 2.05) is 0 Å². The third-order valence-electron chi connectivity index (χ3n) is 5.31. The van der Waals surface area contributed by atoms with Gasteiger partial charge in [0.1, 0.15) is 0 Å². The van der Waals surface area contributed by atoms with Crippen LogP contribution in [0.2, 0.25) is 13.1 Å². The minimum atomic E-state index is -1.79. The molecule has 0 saturated carbocycles. The van der Waals surface area contributed by atoms with Gasteiger partial charge in [-0.3, -0.25) is 6.08 Å². The van der Waals surface area contributed by atoms with Gasteiger partial charge in [-0.1, -0.05) is 32.8 Å². The largest absolute Gasteiger partial charge is 1.00 e. The fourth-order valence-electron chi connectivity index (χ4n) is 3.32. The van der Waals surface area contributed by atoms with Crippen LogP contribution in [-0.2, 0) is 23.3 Å². The van der Waals surface area contributed by atoms with Gasteiger partial charge in [0.05, 0.1) is 0 Å². The van der Waals surface area contributed by atoms with E-state index in [-0.39, 0.29) is 35.8 Å². The smallest absolute Gasteiger partial charge is 0.197 e. The van der Waals surface area contributed by atoms with Crippen molar-refractivity contribution in [2.75, 3.05) is 0 Å². The van der Waals surface area contributed by atoms with Crippen LogP contribution in [0.4, 0.5) is 17.6 Å². The molecule has 4 rings (SSSR count). The monoisotopic (exact) mass is 602 g/mol. The van der Waals surface area contributed by atoms with E-state index in [9.17, 15) is 17.6 Å². The molecule has 0 radical (unpaired) electrons. The van der Waals surface area contributed by atoms with E-state index in [0.29, 0.717) is 22.9 Å². The molecule has 1 unspecified atom stereocenters. The van der Waals surface area contributed by atoms with Crippen LogP contribution >= 0.6 is 0 Å². The van der Waals surface area contributed by atoms with E-state index in [1.54, 1.807) is 59.7 Å². The molecule has 8 heteroatoms. The number of benzene rings is 2. The molecule has 0 amide bonds. The van der Waals surface area contributed by atoms with Crippen LogP contribution in [0.3, 0.4) is 0 Å². The maximum absolute atomic E-state index is 13.8. The van der Waals surface area contributed by atoms with Crippen LogP contribution in [0.5, 0.6) is 0 Å². The molecular formula is C26H26Cl2F4SiZr-2. The van der Waals surface area contributed by atoms with Crippen LogP contribution in [0.25, 0.3) is 21.9 Å². The van der Waals surface area contributed by atoms with Crippen LogP contribution < -0.4 is 24.8 Å². The molecule has 0 fully saturated rings. The van der Waals surface area contributed by atoms with Crippen molar-refractivity contribution in [1.29, 1.82) is 0 Å². The summed E-state index contributed by atoms with van der Waals surface area (Å²) in [4.78, 5) is 0. The fourth-order valence-corrected chi connectivity index (χ4v) is 3.32. The van der Waals surface area contributed by atoms with Gasteiger partial charge in [-0.05, 0) is 11.6 Å². The summed E-state index contributed by atoms with van der Waals surface area (Å²) in [7, 11) is 0. The zero-order chi connectivity index (χ0) is 24.2. The van der Waals surface area contributed by atoms with Crippen molar-refractivity contribution in [1.82, 2.24) is 0 Å². The third kappa shape index (κ3) is 7.98. The number of allylic oxidation sites excluding steroid dienone is 4. The predicted molar refractivity (Wildman–Crippen MR) is 122 cm³/mol. The molecule has 0 bridgehead atoms. The quantitative estimate of drug-likeness (QED) is 0.132. The number of rotatable bonds is 1. The SMILES string of the molecule is CC1=[C-]C(C)C(C)=C1C.C[Si](C)=[Zr+2].Fc1cc(-c2c[cH-]c3ccccc23)c(F)c(F)c1F.[Cl-].[Cl-]. The van der Waals surface area contributed by atoms with Crippen LogP contribution in [0.1, 0.15) is 27.7 Å². The standard InChI is InChI=1S/C15H7F4.C9H13.C2H6Si.2ClH.Zr/c16-12-7-11(13(17)15(19)14(12)18)10-6-5-8-3-1-2-4-9(8)10;1-6-5-7(2)9(4)8(6)3;1-3-2;;;/h1-7H;6H,1-4H3;1-2H3;2*1H;/q2*-1;;;;+2/p-2. The van der Waals surface area contributed by atoms with Crippen LogP contribution in [0, 0.1) is 35.3 Å². The number of hydrogen-bond acceptors (Lipinski definition) is 0. The van der Waals surface area contributed by atoms with Gasteiger partial charge in [-0.15, -0.1) is 53.6 Å². The van der Waals surface area contributed by atoms with Crippen LogP contribution in [0.15, 0.2) is 59.2 Å². The Hall–Kier alpha value is -1.07. The molecule has 34 heavy (non-hydrogen) atoms. The maximum atomic E-state index is 13.8. The molecule has 1 aliphatic rings. The molecule has 1 atom stereocenters. The molecule has 0 nitrogen and oxygen atoms in total. The van der Waals surface area contributed by atoms with E-state index < -0.39 is 23.3 Å². The molecule has 0 aliphatic heterocycles. The first-order valence-electron chi connectivity index (χ1n) is 10.2. The normalized spacial score (nSPS) is 14.2. The fraction of sp³-hybridized carbons (Fsp3) is 0.269. The Balaban J connectivity index is 0.000000614. The van der Waals surface area contributed by atoms with Crippen molar-refractivity contribution < 1.29 is 65.7 Å². The summed E-state index contributed by atoms with van der Waals surface area (Å²) in [5, 5.41) is 1.48. The molecular weight excluding hydrogens is 578 g/mol. The summed E-state index contributed by atoms with van der Waals surface area (Å²) in [6.45, 7) is 13.3. The summed E-state index contributed by atoms with van der Waals surface area (Å²) in [6, 6.07) is 11.0. The molecule has 1 aliphatic carbocycles.